The summed E-state index contributed by atoms with van der Waals surface area (Å²) in [6.45, 7) is 1.77. The first kappa shape index (κ1) is 25.6. The van der Waals surface area contributed by atoms with E-state index in [0.29, 0.717) is 6.07 Å². The summed E-state index contributed by atoms with van der Waals surface area (Å²) in [7, 11) is -9.62. The molecule has 0 saturated carbocycles. The number of azo groups is 1. The molecule has 0 radical (unpaired) electrons. The monoisotopic (exact) mass is 519 g/mol. The Morgan fingerprint density at radius 3 is 1.97 bits per heavy atom. The zero-order chi connectivity index (χ0) is 26.0. The van der Waals surface area contributed by atoms with Crippen molar-refractivity contribution < 1.29 is 36.0 Å². The largest absolute Gasteiger partial charge is 0.506 e. The van der Waals surface area contributed by atoms with Gasteiger partial charge in [0.15, 0.2) is 0 Å². The number of hydrogen-bond donors (Lipinski definition) is 3. The zero-order valence-corrected chi connectivity index (χ0v) is 19.4. The summed E-state index contributed by atoms with van der Waals surface area (Å²) in [5.74, 6) is -0.147. The summed E-state index contributed by atoms with van der Waals surface area (Å²) in [5.41, 5.74) is 0.125. The molecule has 3 aromatic rings. The van der Waals surface area contributed by atoms with Crippen LogP contribution in [0.2, 0.25) is 0 Å². The second-order valence-corrected chi connectivity index (χ2v) is 9.96. The highest BCUT2D eigenvalue weighted by Gasteiger charge is 2.20. The number of nitro groups is 1. The molecular weight excluding hydrogens is 502 g/mol. The van der Waals surface area contributed by atoms with Crippen LogP contribution in [0.5, 0.6) is 5.75 Å². The van der Waals surface area contributed by atoms with Gasteiger partial charge in [-0.3, -0.25) is 19.2 Å². The van der Waals surface area contributed by atoms with Crippen LogP contribution in [0.3, 0.4) is 0 Å². The summed E-state index contributed by atoms with van der Waals surface area (Å²) in [5, 5.41) is 28.5. The number of rotatable bonds is 7. The molecule has 3 N–H and O–H groups in total. The fourth-order valence-corrected chi connectivity index (χ4v) is 4.36. The molecule has 14 heteroatoms. The smallest absolute Gasteiger partial charge is 0.295 e. The molecule has 3 rings (SSSR count). The molecule has 0 aromatic heterocycles. The van der Waals surface area contributed by atoms with Crippen LogP contribution >= 0.6 is 0 Å². The van der Waals surface area contributed by atoms with E-state index in [0.717, 1.165) is 35.9 Å². The van der Waals surface area contributed by atoms with Crippen LogP contribution < -0.4 is 0 Å². The fraction of sp³-hybridized carbons (Fsp3) is 0.0476. The number of nitrogens with zero attached hydrogens (tertiary/aromatic N) is 3. The molecule has 35 heavy (non-hydrogen) atoms. The summed E-state index contributed by atoms with van der Waals surface area (Å²) in [4.78, 5) is 8.73. The Labute approximate surface area is 199 Å². The van der Waals surface area contributed by atoms with Gasteiger partial charge in [0.05, 0.1) is 10.6 Å². The molecule has 0 fully saturated rings. The summed E-state index contributed by atoms with van der Waals surface area (Å²) in [6.07, 6.45) is 2.23. The van der Waals surface area contributed by atoms with Crippen molar-refractivity contribution in [2.75, 3.05) is 0 Å². The van der Waals surface area contributed by atoms with Crippen LogP contribution in [-0.2, 0) is 20.2 Å². The predicted octanol–water partition coefficient (Wildman–Crippen LogP) is 4.69. The van der Waals surface area contributed by atoms with Crippen LogP contribution in [0.4, 0.5) is 17.1 Å². The lowest BCUT2D eigenvalue weighted by Crippen LogP contribution is -2.02. The molecule has 0 spiro atoms. The molecule has 0 atom stereocenters. The zero-order valence-electron chi connectivity index (χ0n) is 17.8. The molecule has 0 heterocycles. The highest BCUT2D eigenvalue weighted by molar-refractivity contribution is 7.86. The summed E-state index contributed by atoms with van der Waals surface area (Å²) in [6, 6.07) is 11.0. The van der Waals surface area contributed by atoms with Crippen LogP contribution in [0.15, 0.2) is 74.6 Å². The van der Waals surface area contributed by atoms with Crippen LogP contribution in [0.1, 0.15) is 16.7 Å². The number of non-ortho nitro benzene ring substituents is 1. The van der Waals surface area contributed by atoms with Crippen molar-refractivity contribution in [1.29, 1.82) is 0 Å². The molecule has 0 saturated heterocycles. The lowest BCUT2D eigenvalue weighted by molar-refractivity contribution is -0.385. The van der Waals surface area contributed by atoms with Gasteiger partial charge >= 0.3 is 0 Å². The summed E-state index contributed by atoms with van der Waals surface area (Å²) < 4.78 is 66.3. The van der Waals surface area contributed by atoms with E-state index in [-0.39, 0.29) is 28.3 Å². The standard InChI is InChI=1S/C21H17N3O9S2/c1-13-2-9-19(25)18(10-13)23-22-16-7-5-14(20(11-16)34(28,29)30)3-4-15-6-8-17(24(26)27)12-21(15)35(31,32)33/h2-12,25H,1H3,(H,28,29,30)(H,31,32,33). The Morgan fingerprint density at radius 2 is 1.40 bits per heavy atom. The minimum Gasteiger partial charge on any atom is -0.506 e. The molecule has 0 unspecified atom stereocenters. The number of aromatic hydroxyl groups is 1. The van der Waals surface area contributed by atoms with Crippen molar-refractivity contribution in [3.05, 3.63) is 81.4 Å². The van der Waals surface area contributed by atoms with Gasteiger partial charge in [-0.25, -0.2) is 0 Å². The van der Waals surface area contributed by atoms with Gasteiger partial charge in [-0.1, -0.05) is 24.3 Å². The Kier molecular flexibility index (Phi) is 7.11. The molecule has 0 bridgehead atoms. The number of nitro benzene ring substituents is 1. The number of phenols is 1. The van der Waals surface area contributed by atoms with Gasteiger partial charge in [0.25, 0.3) is 25.9 Å². The van der Waals surface area contributed by atoms with E-state index < -0.39 is 40.6 Å². The first-order chi connectivity index (χ1) is 16.3. The van der Waals surface area contributed by atoms with Crippen LogP contribution in [0.25, 0.3) is 12.2 Å². The Balaban J connectivity index is 2.04. The summed E-state index contributed by atoms with van der Waals surface area (Å²) >= 11 is 0. The van der Waals surface area contributed by atoms with Crippen LogP contribution in [0, 0.1) is 17.0 Å². The van der Waals surface area contributed by atoms with E-state index in [9.17, 15) is 41.2 Å². The maximum Gasteiger partial charge on any atom is 0.295 e. The second-order valence-electron chi connectivity index (χ2n) is 7.18. The quantitative estimate of drug-likeness (QED) is 0.130. The van der Waals surface area contributed by atoms with E-state index in [4.69, 9.17) is 0 Å². The van der Waals surface area contributed by atoms with Gasteiger partial charge in [0.1, 0.15) is 21.2 Å². The van der Waals surface area contributed by atoms with Crippen molar-refractivity contribution >= 4 is 49.5 Å². The van der Waals surface area contributed by atoms with Crippen molar-refractivity contribution in [2.45, 2.75) is 16.7 Å². The molecule has 3 aromatic carbocycles. The molecule has 0 amide bonds. The highest BCUT2D eigenvalue weighted by Crippen LogP contribution is 2.31. The third-order valence-electron chi connectivity index (χ3n) is 4.61. The van der Waals surface area contributed by atoms with Gasteiger partial charge in [-0.15, -0.1) is 5.11 Å². The topological polar surface area (TPSA) is 197 Å². The second kappa shape index (κ2) is 9.71. The Morgan fingerprint density at radius 1 is 0.829 bits per heavy atom. The van der Waals surface area contributed by atoms with Gasteiger partial charge in [-0.2, -0.15) is 21.9 Å². The van der Waals surface area contributed by atoms with E-state index in [2.05, 4.69) is 10.2 Å². The van der Waals surface area contributed by atoms with Crippen molar-refractivity contribution in [2.24, 2.45) is 10.2 Å². The van der Waals surface area contributed by atoms with Crippen molar-refractivity contribution in [3.8, 4) is 5.75 Å². The SMILES string of the molecule is Cc1ccc(O)c(N=Nc2ccc(C=Cc3ccc([N+](=O)[O-])cc3S(=O)(=O)O)c(S(=O)(=O)O)c2)c1. The van der Waals surface area contributed by atoms with Crippen molar-refractivity contribution in [1.82, 2.24) is 0 Å². The van der Waals surface area contributed by atoms with Gasteiger partial charge < -0.3 is 5.11 Å². The van der Waals surface area contributed by atoms with Gasteiger partial charge in [0, 0.05) is 12.1 Å². The van der Waals surface area contributed by atoms with E-state index in [1.54, 1.807) is 19.1 Å². The first-order valence-electron chi connectivity index (χ1n) is 9.52. The van der Waals surface area contributed by atoms with Crippen molar-refractivity contribution in [3.63, 3.8) is 0 Å². The number of phenolic OH excluding ortho intramolecular Hbond substituents is 1. The lowest BCUT2D eigenvalue weighted by Gasteiger charge is -2.06. The lowest BCUT2D eigenvalue weighted by atomic mass is 10.1. The van der Waals surface area contributed by atoms with Crippen LogP contribution in [-0.4, -0.2) is 36.0 Å². The number of benzene rings is 3. The average Bonchev–Trinajstić information content (AvgIpc) is 2.77. The fourth-order valence-electron chi connectivity index (χ4n) is 2.95. The van der Waals surface area contributed by atoms with E-state index >= 15 is 0 Å². The Hall–Kier alpha value is -3.98. The average molecular weight is 520 g/mol. The molecule has 182 valence electrons. The first-order valence-corrected chi connectivity index (χ1v) is 12.4. The molecule has 0 aliphatic heterocycles. The molecular formula is C21H17N3O9S2. The Bertz CT molecular complexity index is 1600. The maximum atomic E-state index is 11.9. The number of aryl methyl sites for hydroxylation is 1. The number of hydrogen-bond acceptors (Lipinski definition) is 9. The van der Waals surface area contributed by atoms with E-state index in [1.807, 2.05) is 0 Å². The molecule has 0 aliphatic rings. The third-order valence-corrected chi connectivity index (χ3v) is 6.43. The van der Waals surface area contributed by atoms with E-state index in [1.165, 1.54) is 18.2 Å². The van der Waals surface area contributed by atoms with Gasteiger partial charge in [-0.05, 0) is 53.9 Å². The van der Waals surface area contributed by atoms with Gasteiger partial charge in [0.2, 0.25) is 0 Å². The highest BCUT2D eigenvalue weighted by atomic mass is 32.2. The minimum absolute atomic E-state index is 0.0182. The molecule has 0 aliphatic carbocycles. The third kappa shape index (κ3) is 6.33. The normalized spacial score (nSPS) is 12.4. The predicted molar refractivity (Wildman–Crippen MR) is 125 cm³/mol. The minimum atomic E-state index is -4.85. The molecule has 12 nitrogen and oxygen atoms in total. The maximum absolute atomic E-state index is 11.9.